The van der Waals surface area contributed by atoms with Gasteiger partial charge in [-0.3, -0.25) is 4.79 Å². The number of hydrogen-bond acceptors (Lipinski definition) is 6. The highest BCUT2D eigenvalue weighted by molar-refractivity contribution is 7.99. The van der Waals surface area contributed by atoms with Gasteiger partial charge < -0.3 is 14.6 Å². The lowest BCUT2D eigenvalue weighted by molar-refractivity contribution is -0.134. The second kappa shape index (κ2) is 8.53. The number of aromatic nitrogens is 2. The Kier molecular flexibility index (Phi) is 6.13. The summed E-state index contributed by atoms with van der Waals surface area (Å²) in [7, 11) is 0. The van der Waals surface area contributed by atoms with Gasteiger partial charge >= 0.3 is 0 Å². The Morgan fingerprint density at radius 1 is 1.27 bits per heavy atom. The van der Waals surface area contributed by atoms with E-state index in [1.165, 1.54) is 30.3 Å². The number of amides is 1. The first kappa shape index (κ1) is 18.7. The number of carbonyl (C=O) groups is 1. The van der Waals surface area contributed by atoms with Crippen LogP contribution in [0.2, 0.25) is 0 Å². The minimum atomic E-state index is -0.283. The minimum Gasteiger partial charge on any atom is -0.414 e. The van der Waals surface area contributed by atoms with Gasteiger partial charge in [-0.1, -0.05) is 11.8 Å². The van der Waals surface area contributed by atoms with Crippen LogP contribution in [0.4, 0.5) is 10.1 Å². The maximum atomic E-state index is 12.9. The van der Waals surface area contributed by atoms with Crippen LogP contribution in [0.1, 0.15) is 39.0 Å². The van der Waals surface area contributed by atoms with E-state index in [9.17, 15) is 9.18 Å². The molecule has 0 spiro atoms. The topological polar surface area (TPSA) is 71.3 Å². The Morgan fingerprint density at radius 2 is 1.96 bits per heavy atom. The van der Waals surface area contributed by atoms with Gasteiger partial charge in [0, 0.05) is 17.8 Å². The first-order chi connectivity index (χ1) is 12.5. The highest BCUT2D eigenvalue weighted by Crippen LogP contribution is 2.25. The molecule has 1 aliphatic heterocycles. The van der Waals surface area contributed by atoms with Crippen molar-refractivity contribution < 1.29 is 13.6 Å². The molecule has 1 amide bonds. The van der Waals surface area contributed by atoms with E-state index >= 15 is 0 Å². The Labute approximate surface area is 156 Å². The molecule has 2 atom stereocenters. The zero-order valence-electron chi connectivity index (χ0n) is 14.9. The molecule has 0 unspecified atom stereocenters. The maximum Gasteiger partial charge on any atom is 0.277 e. The Balaban J connectivity index is 1.48. The molecule has 1 aromatic heterocycles. The Bertz CT molecular complexity index is 727. The van der Waals surface area contributed by atoms with Crippen molar-refractivity contribution in [2.75, 3.05) is 11.1 Å². The average molecular weight is 378 g/mol. The summed E-state index contributed by atoms with van der Waals surface area (Å²) in [4.78, 5) is 14.5. The number of rotatable bonds is 6. The van der Waals surface area contributed by atoms with Gasteiger partial charge in [0.05, 0.1) is 12.3 Å². The van der Waals surface area contributed by atoms with Crippen LogP contribution < -0.4 is 5.32 Å². The molecule has 0 saturated carbocycles. The second-order valence-electron chi connectivity index (χ2n) is 6.54. The summed E-state index contributed by atoms with van der Waals surface area (Å²) in [5.74, 6) is 0.540. The van der Waals surface area contributed by atoms with Gasteiger partial charge in [-0.25, -0.2) is 4.39 Å². The third-order valence-electron chi connectivity index (χ3n) is 4.54. The van der Waals surface area contributed by atoms with Crippen molar-refractivity contribution in [2.24, 2.45) is 0 Å². The summed E-state index contributed by atoms with van der Waals surface area (Å²) in [6, 6.07) is 6.61. The lowest BCUT2D eigenvalue weighted by Gasteiger charge is -2.39. The molecule has 1 aromatic carbocycles. The van der Waals surface area contributed by atoms with Crippen LogP contribution in [0.15, 0.2) is 33.9 Å². The van der Waals surface area contributed by atoms with Gasteiger partial charge in [0.15, 0.2) is 0 Å². The number of halogens is 1. The molecule has 0 radical (unpaired) electrons. The number of nitrogens with zero attached hydrogens (tertiary/aromatic N) is 3. The summed E-state index contributed by atoms with van der Waals surface area (Å²) in [5.41, 5.74) is 0.766. The second-order valence-corrected chi connectivity index (χ2v) is 7.47. The third kappa shape index (κ3) is 4.75. The number of benzene rings is 1. The molecule has 8 heteroatoms. The lowest BCUT2D eigenvalue weighted by atomic mass is 9.98. The van der Waals surface area contributed by atoms with Gasteiger partial charge in [-0.05, 0) is 57.4 Å². The van der Waals surface area contributed by atoms with E-state index in [4.69, 9.17) is 4.42 Å². The van der Waals surface area contributed by atoms with Gasteiger partial charge in [0.25, 0.3) is 5.22 Å². The lowest BCUT2D eigenvalue weighted by Crippen LogP contribution is -2.48. The zero-order valence-corrected chi connectivity index (χ0v) is 15.8. The number of piperidine rings is 1. The van der Waals surface area contributed by atoms with Crippen molar-refractivity contribution in [1.82, 2.24) is 15.1 Å². The Hall–Kier alpha value is -2.09. The normalized spacial score (nSPS) is 20.2. The summed E-state index contributed by atoms with van der Waals surface area (Å²) in [5, 5.41) is 11.4. The molecule has 2 aromatic rings. The summed E-state index contributed by atoms with van der Waals surface area (Å²) < 4.78 is 18.4. The van der Waals surface area contributed by atoms with Crippen LogP contribution in [0.5, 0.6) is 0 Å². The Morgan fingerprint density at radius 3 is 2.65 bits per heavy atom. The molecule has 140 valence electrons. The first-order valence-corrected chi connectivity index (χ1v) is 9.77. The summed E-state index contributed by atoms with van der Waals surface area (Å²) in [6.07, 6.45) is 3.29. The van der Waals surface area contributed by atoms with Crippen molar-refractivity contribution in [1.29, 1.82) is 0 Å². The van der Waals surface area contributed by atoms with Crippen LogP contribution in [-0.4, -0.2) is 38.8 Å². The van der Waals surface area contributed by atoms with Crippen LogP contribution in [0.25, 0.3) is 0 Å². The van der Waals surface area contributed by atoms with E-state index in [2.05, 4.69) is 29.4 Å². The molecule has 26 heavy (non-hydrogen) atoms. The van der Waals surface area contributed by atoms with E-state index in [0.717, 1.165) is 18.5 Å². The van der Waals surface area contributed by atoms with Gasteiger partial charge in [-0.2, -0.15) is 0 Å². The van der Waals surface area contributed by atoms with Crippen LogP contribution in [-0.2, 0) is 11.3 Å². The summed E-state index contributed by atoms with van der Waals surface area (Å²) in [6.45, 7) is 4.54. The molecule has 6 nitrogen and oxygen atoms in total. The van der Waals surface area contributed by atoms with E-state index in [-0.39, 0.29) is 23.8 Å². The number of nitrogens with one attached hydrogen (secondary N) is 1. The van der Waals surface area contributed by atoms with Gasteiger partial charge in [-0.15, -0.1) is 10.2 Å². The summed E-state index contributed by atoms with van der Waals surface area (Å²) >= 11 is 1.26. The van der Waals surface area contributed by atoms with Gasteiger partial charge in [0.2, 0.25) is 11.8 Å². The SMILES string of the molecule is C[C@@H]1CCC[C@H](C)N1C(=O)CSc1nnc(CNc2ccc(F)cc2)o1. The van der Waals surface area contributed by atoms with Gasteiger partial charge in [0.1, 0.15) is 5.82 Å². The van der Waals surface area contributed by atoms with E-state index < -0.39 is 0 Å². The largest absolute Gasteiger partial charge is 0.414 e. The predicted molar refractivity (Wildman–Crippen MR) is 98.4 cm³/mol. The quantitative estimate of drug-likeness (QED) is 0.773. The van der Waals surface area contributed by atoms with E-state index in [1.54, 1.807) is 12.1 Å². The van der Waals surface area contributed by atoms with Crippen LogP contribution in [0.3, 0.4) is 0 Å². The first-order valence-electron chi connectivity index (χ1n) is 8.78. The zero-order chi connectivity index (χ0) is 18.5. The number of likely N-dealkylation sites (tertiary alicyclic amines) is 1. The molecule has 0 aliphatic carbocycles. The van der Waals surface area contributed by atoms with Crippen molar-refractivity contribution in [3.05, 3.63) is 36.0 Å². The van der Waals surface area contributed by atoms with Crippen molar-refractivity contribution in [3.63, 3.8) is 0 Å². The molecule has 3 rings (SSSR count). The number of anilines is 1. The maximum absolute atomic E-state index is 12.9. The van der Waals surface area contributed by atoms with Crippen molar-refractivity contribution in [2.45, 2.75) is 57.0 Å². The number of carbonyl (C=O) groups excluding carboxylic acids is 1. The molecule has 1 N–H and O–H groups in total. The standard InChI is InChI=1S/C18H23FN4O2S/c1-12-4-3-5-13(2)23(12)17(24)11-26-18-22-21-16(25-18)10-20-15-8-6-14(19)7-9-15/h6-9,12-13,20H,3-5,10-11H2,1-2H3/t12-,13+. The van der Waals surface area contributed by atoms with Crippen LogP contribution in [0, 0.1) is 5.82 Å². The predicted octanol–water partition coefficient (Wildman–Crippen LogP) is 3.70. The number of hydrogen-bond donors (Lipinski definition) is 1. The fraction of sp³-hybridized carbons (Fsp3) is 0.500. The van der Waals surface area contributed by atoms with Crippen molar-refractivity contribution in [3.8, 4) is 0 Å². The number of thioether (sulfide) groups is 1. The monoisotopic (exact) mass is 378 g/mol. The highest BCUT2D eigenvalue weighted by atomic mass is 32.2. The van der Waals surface area contributed by atoms with Crippen LogP contribution >= 0.6 is 11.8 Å². The fourth-order valence-corrected chi connectivity index (χ4v) is 3.87. The average Bonchev–Trinajstić information content (AvgIpc) is 3.07. The molecular weight excluding hydrogens is 355 g/mol. The minimum absolute atomic E-state index is 0.110. The molecule has 2 heterocycles. The molecule has 1 aliphatic rings. The fourth-order valence-electron chi connectivity index (χ4n) is 3.22. The highest BCUT2D eigenvalue weighted by Gasteiger charge is 2.29. The molecule has 0 bridgehead atoms. The molecular formula is C18H23FN4O2S. The van der Waals surface area contributed by atoms with E-state index in [1.807, 2.05) is 4.90 Å². The third-order valence-corrected chi connectivity index (χ3v) is 5.34. The molecule has 1 fully saturated rings. The van der Waals surface area contributed by atoms with Crippen molar-refractivity contribution >= 4 is 23.4 Å². The van der Waals surface area contributed by atoms with E-state index in [0.29, 0.717) is 23.4 Å². The molecule has 1 saturated heterocycles. The smallest absolute Gasteiger partial charge is 0.277 e.